The maximum atomic E-state index is 11.6. The van der Waals surface area contributed by atoms with E-state index < -0.39 is 0 Å². The van der Waals surface area contributed by atoms with E-state index in [1.807, 2.05) is 56.5 Å². The third-order valence-corrected chi connectivity index (χ3v) is 3.74. The van der Waals surface area contributed by atoms with Crippen molar-refractivity contribution in [3.8, 4) is 5.69 Å². The lowest BCUT2D eigenvalue weighted by atomic mass is 10.2. The highest BCUT2D eigenvalue weighted by atomic mass is 32.2. The summed E-state index contributed by atoms with van der Waals surface area (Å²) in [7, 11) is 0. The molecule has 21 heavy (non-hydrogen) atoms. The van der Waals surface area contributed by atoms with Crippen molar-refractivity contribution < 1.29 is 9.53 Å². The van der Waals surface area contributed by atoms with E-state index >= 15 is 0 Å². The number of ether oxygens (including phenoxy) is 1. The Hall–Kier alpha value is -1.82. The van der Waals surface area contributed by atoms with Gasteiger partial charge < -0.3 is 4.74 Å². The van der Waals surface area contributed by atoms with Gasteiger partial charge >= 0.3 is 5.97 Å². The van der Waals surface area contributed by atoms with Crippen molar-refractivity contribution in [2.45, 2.75) is 39.0 Å². The van der Waals surface area contributed by atoms with Crippen LogP contribution in [0, 0.1) is 13.8 Å². The Kier molecular flexibility index (Phi) is 5.01. The molecule has 0 fully saturated rings. The van der Waals surface area contributed by atoms with E-state index in [1.54, 1.807) is 0 Å². The van der Waals surface area contributed by atoms with Gasteiger partial charge in [0.25, 0.3) is 0 Å². The minimum atomic E-state index is -0.244. The Labute approximate surface area is 128 Å². The van der Waals surface area contributed by atoms with Gasteiger partial charge in [-0.3, -0.25) is 9.36 Å². The monoisotopic (exact) mass is 305 g/mol. The number of rotatable bonds is 5. The first-order valence-electron chi connectivity index (χ1n) is 6.79. The van der Waals surface area contributed by atoms with Gasteiger partial charge in [0.05, 0.1) is 17.5 Å². The lowest BCUT2D eigenvalue weighted by molar-refractivity contribution is -0.144. The molecule has 0 atom stereocenters. The van der Waals surface area contributed by atoms with Crippen molar-refractivity contribution in [1.29, 1.82) is 0 Å². The third kappa shape index (κ3) is 3.85. The molecule has 0 aliphatic heterocycles. The van der Waals surface area contributed by atoms with Gasteiger partial charge in [0.1, 0.15) is 5.82 Å². The number of para-hydroxylation sites is 1. The third-order valence-electron chi connectivity index (χ3n) is 2.84. The van der Waals surface area contributed by atoms with Gasteiger partial charge in [-0.15, -0.1) is 10.2 Å². The summed E-state index contributed by atoms with van der Waals surface area (Å²) in [5.41, 5.74) is 2.16. The zero-order valence-corrected chi connectivity index (χ0v) is 13.5. The highest BCUT2D eigenvalue weighted by Crippen LogP contribution is 2.23. The number of benzene rings is 1. The minimum Gasteiger partial charge on any atom is -0.462 e. The molecule has 1 aromatic heterocycles. The molecule has 1 heterocycles. The summed E-state index contributed by atoms with van der Waals surface area (Å²) in [6.07, 6.45) is -0.103. The van der Waals surface area contributed by atoms with Gasteiger partial charge in [-0.1, -0.05) is 30.0 Å². The maximum Gasteiger partial charge on any atom is 0.316 e. The highest BCUT2D eigenvalue weighted by molar-refractivity contribution is 7.99. The predicted molar refractivity (Wildman–Crippen MR) is 82.8 cm³/mol. The fourth-order valence-electron chi connectivity index (χ4n) is 1.95. The second kappa shape index (κ2) is 6.76. The van der Waals surface area contributed by atoms with Crippen LogP contribution < -0.4 is 0 Å². The fourth-order valence-corrected chi connectivity index (χ4v) is 2.72. The summed E-state index contributed by atoms with van der Waals surface area (Å²) >= 11 is 1.34. The number of esters is 1. The first kappa shape index (κ1) is 15.6. The number of thioether (sulfide) groups is 1. The van der Waals surface area contributed by atoms with Crippen molar-refractivity contribution in [3.63, 3.8) is 0 Å². The van der Waals surface area contributed by atoms with Crippen LogP contribution in [0.5, 0.6) is 0 Å². The van der Waals surface area contributed by atoms with Crippen LogP contribution in [0.25, 0.3) is 5.69 Å². The summed E-state index contributed by atoms with van der Waals surface area (Å²) in [4.78, 5) is 11.6. The maximum absolute atomic E-state index is 11.6. The molecule has 0 amide bonds. The molecule has 0 aliphatic rings. The summed E-state index contributed by atoms with van der Waals surface area (Å²) < 4.78 is 7.09. The van der Waals surface area contributed by atoms with Crippen LogP contribution in [0.3, 0.4) is 0 Å². The van der Waals surface area contributed by atoms with Crippen LogP contribution in [0.2, 0.25) is 0 Å². The topological polar surface area (TPSA) is 57.0 Å². The van der Waals surface area contributed by atoms with Gasteiger partial charge in [0, 0.05) is 0 Å². The molecule has 0 radical (unpaired) electrons. The van der Waals surface area contributed by atoms with E-state index in [2.05, 4.69) is 10.2 Å². The second-order valence-corrected chi connectivity index (χ2v) is 5.92. The van der Waals surface area contributed by atoms with Gasteiger partial charge in [-0.05, 0) is 39.3 Å². The highest BCUT2D eigenvalue weighted by Gasteiger charge is 2.15. The van der Waals surface area contributed by atoms with Gasteiger partial charge in [-0.25, -0.2) is 0 Å². The molecular weight excluding hydrogens is 286 g/mol. The average Bonchev–Trinajstić information content (AvgIpc) is 2.77. The van der Waals surface area contributed by atoms with E-state index in [1.165, 1.54) is 11.8 Å². The Morgan fingerprint density at radius 3 is 2.67 bits per heavy atom. The smallest absolute Gasteiger partial charge is 0.316 e. The Morgan fingerprint density at radius 1 is 1.29 bits per heavy atom. The molecule has 0 spiro atoms. The van der Waals surface area contributed by atoms with Crippen molar-refractivity contribution >= 4 is 17.7 Å². The fraction of sp³-hybridized carbons (Fsp3) is 0.400. The van der Waals surface area contributed by atoms with Crippen molar-refractivity contribution in [1.82, 2.24) is 14.8 Å². The second-order valence-electron chi connectivity index (χ2n) is 4.98. The zero-order chi connectivity index (χ0) is 15.4. The summed E-state index contributed by atoms with van der Waals surface area (Å²) in [5, 5.41) is 8.96. The molecule has 1 aromatic carbocycles. The standard InChI is InChI=1S/C15H19N3O2S/c1-10(2)20-14(19)9-21-15-17-16-12(4)18(15)13-8-6-5-7-11(13)3/h5-8,10H,9H2,1-4H3. The van der Waals surface area contributed by atoms with E-state index in [4.69, 9.17) is 4.74 Å². The Morgan fingerprint density at radius 2 is 2.00 bits per heavy atom. The Bertz CT molecular complexity index is 638. The molecule has 112 valence electrons. The van der Waals surface area contributed by atoms with Crippen LogP contribution in [-0.2, 0) is 9.53 Å². The molecule has 5 nitrogen and oxygen atoms in total. The normalized spacial score (nSPS) is 10.9. The summed E-state index contributed by atoms with van der Waals surface area (Å²) in [5.74, 6) is 0.776. The van der Waals surface area contributed by atoms with Crippen molar-refractivity contribution in [2.75, 3.05) is 5.75 Å². The first-order valence-corrected chi connectivity index (χ1v) is 7.78. The van der Waals surface area contributed by atoms with Crippen LogP contribution in [0.4, 0.5) is 0 Å². The number of hydrogen-bond donors (Lipinski definition) is 0. The van der Waals surface area contributed by atoms with E-state index in [9.17, 15) is 4.79 Å². The molecule has 0 N–H and O–H groups in total. The number of aromatic nitrogens is 3. The summed E-state index contributed by atoms with van der Waals surface area (Å²) in [6, 6.07) is 8.02. The lowest BCUT2D eigenvalue weighted by Crippen LogP contribution is -2.13. The van der Waals surface area contributed by atoms with E-state index in [0.29, 0.717) is 5.16 Å². The van der Waals surface area contributed by atoms with Gasteiger partial charge in [-0.2, -0.15) is 0 Å². The number of carbonyl (C=O) groups is 1. The number of nitrogens with zero attached hydrogens (tertiary/aromatic N) is 3. The molecule has 0 aliphatic carbocycles. The first-order chi connectivity index (χ1) is 9.99. The summed E-state index contributed by atoms with van der Waals surface area (Å²) in [6.45, 7) is 7.61. The zero-order valence-electron chi connectivity index (χ0n) is 12.7. The van der Waals surface area contributed by atoms with Crippen molar-refractivity contribution in [2.24, 2.45) is 0 Å². The molecule has 0 saturated carbocycles. The van der Waals surface area contributed by atoms with Crippen LogP contribution >= 0.6 is 11.8 Å². The van der Waals surface area contributed by atoms with E-state index in [0.717, 1.165) is 17.1 Å². The predicted octanol–water partition coefficient (Wildman–Crippen LogP) is 2.93. The quantitative estimate of drug-likeness (QED) is 0.628. The van der Waals surface area contributed by atoms with Crippen LogP contribution in [-0.4, -0.2) is 32.6 Å². The molecule has 0 saturated heterocycles. The SMILES string of the molecule is Cc1ccccc1-n1c(C)nnc1SCC(=O)OC(C)C. The van der Waals surface area contributed by atoms with Gasteiger partial charge in [0.15, 0.2) is 5.16 Å². The largest absolute Gasteiger partial charge is 0.462 e. The van der Waals surface area contributed by atoms with Crippen LogP contribution in [0.1, 0.15) is 25.2 Å². The number of aryl methyl sites for hydroxylation is 2. The molecule has 2 aromatic rings. The average molecular weight is 305 g/mol. The molecule has 0 bridgehead atoms. The molecule has 6 heteroatoms. The molecule has 0 unspecified atom stereocenters. The number of carbonyl (C=O) groups excluding carboxylic acids is 1. The Balaban J connectivity index is 2.19. The lowest BCUT2D eigenvalue weighted by Gasteiger charge is -2.11. The molecule has 2 rings (SSSR count). The number of hydrogen-bond acceptors (Lipinski definition) is 5. The van der Waals surface area contributed by atoms with E-state index in [-0.39, 0.29) is 17.8 Å². The van der Waals surface area contributed by atoms with Crippen molar-refractivity contribution in [3.05, 3.63) is 35.7 Å². The minimum absolute atomic E-state index is 0.103. The molecular formula is C15H19N3O2S. The van der Waals surface area contributed by atoms with Gasteiger partial charge in [0.2, 0.25) is 0 Å². The van der Waals surface area contributed by atoms with Crippen LogP contribution in [0.15, 0.2) is 29.4 Å².